The van der Waals surface area contributed by atoms with Gasteiger partial charge in [-0.3, -0.25) is 10.1 Å². The van der Waals surface area contributed by atoms with E-state index in [4.69, 9.17) is 14.2 Å². The van der Waals surface area contributed by atoms with E-state index >= 15 is 0 Å². The summed E-state index contributed by atoms with van der Waals surface area (Å²) in [6.45, 7) is 6.81. The van der Waals surface area contributed by atoms with Gasteiger partial charge in [0.15, 0.2) is 17.8 Å². The Bertz CT molecular complexity index is 1450. The first kappa shape index (κ1) is 29.7. The van der Waals surface area contributed by atoms with Crippen LogP contribution in [0.25, 0.3) is 0 Å². The summed E-state index contributed by atoms with van der Waals surface area (Å²) in [5.41, 5.74) is 4.51. The molecule has 9 heteroatoms. The van der Waals surface area contributed by atoms with Crippen LogP contribution in [0.15, 0.2) is 66.7 Å². The maximum absolute atomic E-state index is 13.9. The molecular formula is C36H45N5O4. The van der Waals surface area contributed by atoms with Crippen LogP contribution in [-0.2, 0) is 5.41 Å². The van der Waals surface area contributed by atoms with Crippen LogP contribution in [0.4, 0.5) is 11.4 Å². The normalized spacial score (nSPS) is 21.8. The number of nitrogens with one attached hydrogen (secondary N) is 1. The molecule has 1 atom stereocenters. The van der Waals surface area contributed by atoms with Crippen LogP contribution in [-0.4, -0.2) is 95.2 Å². The van der Waals surface area contributed by atoms with Gasteiger partial charge in [-0.25, -0.2) is 0 Å². The number of fused-ring (bicyclic) bond motifs is 5. The van der Waals surface area contributed by atoms with Crippen molar-refractivity contribution in [1.82, 2.24) is 15.1 Å². The third-order valence-electron chi connectivity index (χ3n) is 10.5. The highest BCUT2D eigenvalue weighted by molar-refractivity contribution is 5.96. The first-order valence-electron chi connectivity index (χ1n) is 16.3. The average Bonchev–Trinajstić information content (AvgIpc) is 3.80. The number of carbonyl (C=O) groups excluding carboxylic acids is 1. The molecule has 1 N–H and O–H groups in total. The van der Waals surface area contributed by atoms with Crippen molar-refractivity contribution in [2.45, 2.75) is 43.4 Å². The number of hydrogen-bond acceptors (Lipinski definition) is 8. The van der Waals surface area contributed by atoms with Crippen LogP contribution in [0.2, 0.25) is 0 Å². The second kappa shape index (κ2) is 12.4. The van der Waals surface area contributed by atoms with Crippen LogP contribution in [0.3, 0.4) is 0 Å². The number of benzene rings is 3. The Balaban J connectivity index is 0.993. The molecule has 4 aliphatic rings. The van der Waals surface area contributed by atoms with Gasteiger partial charge in [0.05, 0.1) is 32.7 Å². The maximum Gasteiger partial charge on any atom is 0.254 e. The zero-order valence-corrected chi connectivity index (χ0v) is 26.7. The van der Waals surface area contributed by atoms with E-state index < -0.39 is 0 Å². The molecule has 0 aromatic heterocycles. The standard InChI is InChI=1S/C36H45N5O4/c1-43-31-23-26(24-32(44-2)33(31)45-3)34(42)39-20-16-36(25-39,27-9-5-4-6-10-27)15-19-38-17-13-28(14-18-38)37-35-40-21-22-41(35)30-12-8-7-11-29(30)40/h4-12,23-24,28,35,37H,13-22,25H2,1-3H3. The maximum atomic E-state index is 13.9. The molecule has 9 nitrogen and oxygen atoms in total. The fraction of sp³-hybridized carbons (Fsp3) is 0.472. The SMILES string of the molecule is COc1cc(C(=O)N2CCC(CCN3CCC(NC4N5CCN4c4ccccc45)CC3)(c3ccccc3)C2)cc(OC)c1OC. The summed E-state index contributed by atoms with van der Waals surface area (Å²) >= 11 is 0. The molecule has 4 aliphatic heterocycles. The first-order valence-corrected chi connectivity index (χ1v) is 16.3. The van der Waals surface area contributed by atoms with E-state index in [1.165, 1.54) is 16.9 Å². The van der Waals surface area contributed by atoms with E-state index in [-0.39, 0.29) is 17.6 Å². The van der Waals surface area contributed by atoms with Crippen LogP contribution >= 0.6 is 0 Å². The zero-order chi connectivity index (χ0) is 31.0. The van der Waals surface area contributed by atoms with Crippen LogP contribution in [0, 0.1) is 0 Å². The quantitative estimate of drug-likeness (QED) is 0.358. The van der Waals surface area contributed by atoms with E-state index in [1.54, 1.807) is 33.5 Å². The van der Waals surface area contributed by atoms with E-state index in [0.29, 0.717) is 41.9 Å². The van der Waals surface area contributed by atoms with Gasteiger partial charge in [0.2, 0.25) is 5.75 Å². The van der Waals surface area contributed by atoms with Crippen molar-refractivity contribution in [3.8, 4) is 17.2 Å². The second-order valence-corrected chi connectivity index (χ2v) is 12.8. The molecule has 238 valence electrons. The van der Waals surface area contributed by atoms with Gasteiger partial charge >= 0.3 is 0 Å². The number of nitrogens with zero attached hydrogens (tertiary/aromatic N) is 4. The largest absolute Gasteiger partial charge is 0.493 e. The molecular weight excluding hydrogens is 566 g/mol. The number of piperidine rings is 1. The Labute approximate surface area is 266 Å². The Hall–Kier alpha value is -3.95. The number of rotatable bonds is 10. The molecule has 7 rings (SSSR count). The summed E-state index contributed by atoms with van der Waals surface area (Å²) in [4.78, 5) is 23.5. The van der Waals surface area contributed by atoms with Crippen LogP contribution in [0.1, 0.15) is 41.6 Å². The molecule has 1 amide bonds. The van der Waals surface area contributed by atoms with Gasteiger partial charge in [0.25, 0.3) is 5.91 Å². The lowest BCUT2D eigenvalue weighted by molar-refractivity contribution is 0.0779. The molecule has 3 fully saturated rings. The molecule has 3 aromatic rings. The minimum absolute atomic E-state index is 0.00606. The highest BCUT2D eigenvalue weighted by Gasteiger charge is 2.43. The molecule has 45 heavy (non-hydrogen) atoms. The van der Waals surface area contributed by atoms with Gasteiger partial charge in [0, 0.05) is 43.2 Å². The van der Waals surface area contributed by atoms with Gasteiger partial charge in [-0.05, 0) is 75.1 Å². The van der Waals surface area contributed by atoms with Gasteiger partial charge in [0.1, 0.15) is 0 Å². The van der Waals surface area contributed by atoms with Gasteiger partial charge in [-0.2, -0.15) is 0 Å². The topological polar surface area (TPSA) is 69.8 Å². The lowest BCUT2D eigenvalue weighted by Gasteiger charge is -2.38. The zero-order valence-electron chi connectivity index (χ0n) is 26.7. The van der Waals surface area contributed by atoms with Crippen LogP contribution < -0.4 is 29.3 Å². The van der Waals surface area contributed by atoms with Gasteiger partial charge in [-0.15, -0.1) is 0 Å². The number of para-hydroxylation sites is 2. The fourth-order valence-corrected chi connectivity index (χ4v) is 7.98. The summed E-state index contributed by atoms with van der Waals surface area (Å²) in [7, 11) is 4.73. The minimum atomic E-state index is -0.0813. The number of likely N-dealkylation sites (tertiary alicyclic amines) is 2. The lowest BCUT2D eigenvalue weighted by atomic mass is 9.76. The van der Waals surface area contributed by atoms with E-state index in [9.17, 15) is 4.79 Å². The van der Waals surface area contributed by atoms with E-state index in [2.05, 4.69) is 74.6 Å². The van der Waals surface area contributed by atoms with Crippen molar-refractivity contribution in [2.75, 3.05) is 76.9 Å². The lowest BCUT2D eigenvalue weighted by Crippen LogP contribution is -2.53. The molecule has 2 bridgehead atoms. The molecule has 3 saturated heterocycles. The van der Waals surface area contributed by atoms with Crippen molar-refractivity contribution >= 4 is 17.3 Å². The Morgan fingerprint density at radius 2 is 1.44 bits per heavy atom. The molecule has 3 aromatic carbocycles. The van der Waals surface area contributed by atoms with E-state index in [1.807, 2.05) is 4.90 Å². The number of methoxy groups -OCH3 is 3. The molecule has 0 radical (unpaired) electrons. The minimum Gasteiger partial charge on any atom is -0.493 e. The van der Waals surface area contributed by atoms with E-state index in [0.717, 1.165) is 58.4 Å². The molecule has 4 heterocycles. The summed E-state index contributed by atoms with van der Waals surface area (Å²) in [6.07, 6.45) is 4.55. The van der Waals surface area contributed by atoms with Crippen molar-refractivity contribution in [3.05, 3.63) is 77.9 Å². The van der Waals surface area contributed by atoms with Crippen molar-refractivity contribution in [1.29, 1.82) is 0 Å². The molecule has 0 saturated carbocycles. The smallest absolute Gasteiger partial charge is 0.254 e. The van der Waals surface area contributed by atoms with Gasteiger partial charge in [-0.1, -0.05) is 42.5 Å². The summed E-state index contributed by atoms with van der Waals surface area (Å²) < 4.78 is 16.5. The summed E-state index contributed by atoms with van der Waals surface area (Å²) in [5.74, 6) is 1.47. The Morgan fingerprint density at radius 3 is 2.04 bits per heavy atom. The second-order valence-electron chi connectivity index (χ2n) is 12.8. The number of anilines is 2. The molecule has 0 aliphatic carbocycles. The summed E-state index contributed by atoms with van der Waals surface area (Å²) in [6, 6.07) is 23.6. The highest BCUT2D eigenvalue weighted by Crippen LogP contribution is 2.43. The average molecular weight is 612 g/mol. The third kappa shape index (κ3) is 5.46. The highest BCUT2D eigenvalue weighted by atomic mass is 16.5. The van der Waals surface area contributed by atoms with Crippen LogP contribution in [0.5, 0.6) is 17.2 Å². The molecule has 1 unspecified atom stereocenters. The Kier molecular flexibility index (Phi) is 8.23. The fourth-order valence-electron chi connectivity index (χ4n) is 7.98. The van der Waals surface area contributed by atoms with Crippen molar-refractivity contribution in [3.63, 3.8) is 0 Å². The van der Waals surface area contributed by atoms with Gasteiger partial charge < -0.3 is 33.8 Å². The third-order valence-corrected chi connectivity index (χ3v) is 10.5. The monoisotopic (exact) mass is 611 g/mol. The number of hydrogen-bond donors (Lipinski definition) is 1. The first-order chi connectivity index (χ1) is 22.0. The predicted octanol–water partition coefficient (Wildman–Crippen LogP) is 4.56. The number of ether oxygens (including phenoxy) is 3. The number of carbonyl (C=O) groups is 1. The molecule has 0 spiro atoms. The predicted molar refractivity (Wildman–Crippen MR) is 177 cm³/mol. The number of amides is 1. The van der Waals surface area contributed by atoms with Crippen molar-refractivity contribution < 1.29 is 19.0 Å². The summed E-state index contributed by atoms with van der Waals surface area (Å²) in [5, 5.41) is 3.99. The Morgan fingerprint density at radius 1 is 0.822 bits per heavy atom. The van der Waals surface area contributed by atoms with Crippen molar-refractivity contribution in [2.24, 2.45) is 0 Å².